The minimum absolute atomic E-state index is 0.155. The molecule has 0 aliphatic heterocycles. The fraction of sp³-hybridized carbons (Fsp3) is 0.160. The van der Waals surface area contributed by atoms with E-state index in [1.165, 1.54) is 0 Å². The van der Waals surface area contributed by atoms with Crippen LogP contribution in [0.15, 0.2) is 97.6 Å². The zero-order chi connectivity index (χ0) is 20.1. The lowest BCUT2D eigenvalue weighted by molar-refractivity contribution is 0.431. The monoisotopic (exact) mass is 378 g/mol. The molecule has 4 nitrogen and oxygen atoms in total. The predicted molar refractivity (Wildman–Crippen MR) is 116 cm³/mol. The lowest BCUT2D eigenvalue weighted by atomic mass is 9.68. The van der Waals surface area contributed by atoms with Gasteiger partial charge in [0.25, 0.3) is 0 Å². The minimum atomic E-state index is -0.720. The molecule has 0 fully saturated rings. The lowest BCUT2D eigenvalue weighted by Crippen LogP contribution is -2.44. The van der Waals surface area contributed by atoms with Crippen LogP contribution in [0.25, 0.3) is 5.57 Å². The van der Waals surface area contributed by atoms with Crippen LogP contribution in [0.3, 0.4) is 0 Å². The van der Waals surface area contributed by atoms with Crippen molar-refractivity contribution in [2.75, 3.05) is 4.90 Å². The van der Waals surface area contributed by atoms with Gasteiger partial charge < -0.3 is 4.90 Å². The van der Waals surface area contributed by atoms with E-state index in [0.717, 1.165) is 22.5 Å². The summed E-state index contributed by atoms with van der Waals surface area (Å²) < 4.78 is 0. The average Bonchev–Trinajstić information content (AvgIpc) is 2.81. The Hall–Kier alpha value is -3.71. The van der Waals surface area contributed by atoms with E-state index >= 15 is 0 Å². The maximum absolute atomic E-state index is 10.5. The third kappa shape index (κ3) is 3.43. The Labute approximate surface area is 171 Å². The SMILES string of the molecule is CC(N(c1cccnc1)c1cccnc1)C1(C#N)CC=CC=C1c1ccccc1. The average molecular weight is 378 g/mol. The zero-order valence-corrected chi connectivity index (χ0v) is 16.3. The van der Waals surface area contributed by atoms with Crippen LogP contribution in [0.1, 0.15) is 18.9 Å². The van der Waals surface area contributed by atoms with Crippen LogP contribution in [-0.2, 0) is 0 Å². The summed E-state index contributed by atoms with van der Waals surface area (Å²) in [6.45, 7) is 2.11. The van der Waals surface area contributed by atoms with Crippen LogP contribution in [0.4, 0.5) is 11.4 Å². The second kappa shape index (κ2) is 8.12. The van der Waals surface area contributed by atoms with Gasteiger partial charge in [-0.3, -0.25) is 9.97 Å². The highest BCUT2D eigenvalue weighted by molar-refractivity contribution is 5.78. The summed E-state index contributed by atoms with van der Waals surface area (Å²) in [5, 5.41) is 10.5. The van der Waals surface area contributed by atoms with Gasteiger partial charge in [0.15, 0.2) is 0 Å². The number of hydrogen-bond donors (Lipinski definition) is 0. The van der Waals surface area contributed by atoms with Crippen molar-refractivity contribution in [2.24, 2.45) is 5.41 Å². The van der Waals surface area contributed by atoms with E-state index in [-0.39, 0.29) is 6.04 Å². The van der Waals surface area contributed by atoms with E-state index in [1.54, 1.807) is 12.4 Å². The maximum atomic E-state index is 10.5. The van der Waals surface area contributed by atoms with Gasteiger partial charge >= 0.3 is 0 Å². The number of rotatable bonds is 5. The Balaban J connectivity index is 1.86. The quantitative estimate of drug-likeness (QED) is 0.583. The molecule has 2 atom stereocenters. The summed E-state index contributed by atoms with van der Waals surface area (Å²) >= 11 is 0. The first-order valence-corrected chi connectivity index (χ1v) is 9.69. The molecule has 1 aliphatic rings. The van der Waals surface area contributed by atoms with E-state index in [4.69, 9.17) is 0 Å². The van der Waals surface area contributed by atoms with E-state index in [1.807, 2.05) is 60.9 Å². The molecule has 29 heavy (non-hydrogen) atoms. The molecule has 0 amide bonds. The number of aromatic nitrogens is 2. The van der Waals surface area contributed by atoms with Crippen LogP contribution in [0, 0.1) is 16.7 Å². The predicted octanol–water partition coefficient (Wildman–Crippen LogP) is 5.56. The molecule has 0 spiro atoms. The van der Waals surface area contributed by atoms with Crippen LogP contribution in [0.5, 0.6) is 0 Å². The number of benzene rings is 1. The number of pyridine rings is 2. The summed E-state index contributed by atoms with van der Waals surface area (Å²) in [6.07, 6.45) is 14.0. The molecular weight excluding hydrogens is 356 g/mol. The second-order valence-corrected chi connectivity index (χ2v) is 7.13. The molecule has 2 unspecified atom stereocenters. The highest BCUT2D eigenvalue weighted by Crippen LogP contribution is 2.47. The van der Waals surface area contributed by atoms with Gasteiger partial charge in [0, 0.05) is 12.4 Å². The molecule has 0 bridgehead atoms. The van der Waals surface area contributed by atoms with E-state index in [9.17, 15) is 5.26 Å². The highest BCUT2D eigenvalue weighted by Gasteiger charge is 2.44. The summed E-state index contributed by atoms with van der Waals surface area (Å²) in [5.41, 5.74) is 3.26. The molecule has 0 radical (unpaired) electrons. The number of nitrogens with zero attached hydrogens (tertiary/aromatic N) is 4. The standard InChI is InChI=1S/C25H22N4/c1-20(29(22-11-7-15-27-17-22)23-12-8-16-28-18-23)25(19-26)14-6-5-13-24(25)21-9-3-2-4-10-21/h2-13,15-18,20H,14H2,1H3. The van der Waals surface area contributed by atoms with E-state index < -0.39 is 5.41 Å². The fourth-order valence-corrected chi connectivity index (χ4v) is 4.05. The van der Waals surface area contributed by atoms with Crippen LogP contribution >= 0.6 is 0 Å². The molecule has 2 aromatic heterocycles. The number of hydrogen-bond acceptors (Lipinski definition) is 4. The maximum Gasteiger partial charge on any atom is 0.107 e. The van der Waals surface area contributed by atoms with Gasteiger partial charge in [-0.1, -0.05) is 48.6 Å². The highest BCUT2D eigenvalue weighted by atomic mass is 15.2. The number of nitriles is 1. The number of anilines is 2. The molecular formula is C25H22N4. The first kappa shape index (κ1) is 18.6. The molecule has 142 valence electrons. The van der Waals surface area contributed by atoms with Crippen molar-refractivity contribution in [3.05, 3.63) is 103 Å². The van der Waals surface area contributed by atoms with Crippen LogP contribution in [-0.4, -0.2) is 16.0 Å². The van der Waals surface area contributed by atoms with Crippen molar-refractivity contribution in [2.45, 2.75) is 19.4 Å². The molecule has 2 heterocycles. The minimum Gasteiger partial charge on any atom is -0.334 e. The van der Waals surface area contributed by atoms with E-state index in [2.05, 4.69) is 52.1 Å². The van der Waals surface area contributed by atoms with Gasteiger partial charge in [-0.2, -0.15) is 5.26 Å². The zero-order valence-electron chi connectivity index (χ0n) is 16.3. The topological polar surface area (TPSA) is 52.8 Å². The van der Waals surface area contributed by atoms with Gasteiger partial charge in [0.1, 0.15) is 5.41 Å². The Morgan fingerprint density at radius 3 is 2.17 bits per heavy atom. The van der Waals surface area contributed by atoms with Crippen molar-refractivity contribution in [1.82, 2.24) is 9.97 Å². The summed E-state index contributed by atoms with van der Waals surface area (Å²) in [7, 11) is 0. The second-order valence-electron chi connectivity index (χ2n) is 7.13. The first-order chi connectivity index (χ1) is 14.3. The Kier molecular flexibility index (Phi) is 5.22. The van der Waals surface area contributed by atoms with Crippen molar-refractivity contribution >= 4 is 16.9 Å². The normalized spacial score (nSPS) is 19.1. The molecule has 0 N–H and O–H groups in total. The molecule has 1 aliphatic carbocycles. The molecule has 0 saturated heterocycles. The third-order valence-electron chi connectivity index (χ3n) is 5.55. The van der Waals surface area contributed by atoms with Gasteiger partial charge in [-0.15, -0.1) is 0 Å². The Morgan fingerprint density at radius 2 is 1.62 bits per heavy atom. The molecule has 3 aromatic rings. The number of allylic oxidation sites excluding steroid dienone is 3. The Morgan fingerprint density at radius 1 is 0.966 bits per heavy atom. The fourth-order valence-electron chi connectivity index (χ4n) is 4.05. The van der Waals surface area contributed by atoms with Crippen LogP contribution < -0.4 is 4.90 Å². The summed E-state index contributed by atoms with van der Waals surface area (Å²) in [5.74, 6) is 0. The molecule has 0 saturated carbocycles. The lowest BCUT2D eigenvalue weighted by Gasteiger charge is -2.43. The Bertz CT molecular complexity index is 1010. The summed E-state index contributed by atoms with van der Waals surface area (Å²) in [6, 6.07) is 20.6. The van der Waals surface area contributed by atoms with Gasteiger partial charge in [-0.25, -0.2) is 0 Å². The van der Waals surface area contributed by atoms with Gasteiger partial charge in [0.05, 0.1) is 35.9 Å². The van der Waals surface area contributed by atoms with Crippen molar-refractivity contribution in [1.29, 1.82) is 5.26 Å². The molecule has 1 aromatic carbocycles. The first-order valence-electron chi connectivity index (χ1n) is 9.69. The van der Waals surface area contributed by atoms with Crippen molar-refractivity contribution in [3.63, 3.8) is 0 Å². The van der Waals surface area contributed by atoms with Crippen LogP contribution in [0.2, 0.25) is 0 Å². The third-order valence-corrected chi connectivity index (χ3v) is 5.55. The van der Waals surface area contributed by atoms with Gasteiger partial charge in [0.2, 0.25) is 0 Å². The van der Waals surface area contributed by atoms with Crippen molar-refractivity contribution in [3.8, 4) is 6.07 Å². The van der Waals surface area contributed by atoms with Crippen molar-refractivity contribution < 1.29 is 0 Å². The van der Waals surface area contributed by atoms with Gasteiger partial charge in [-0.05, 0) is 48.7 Å². The molecule has 4 heteroatoms. The smallest absolute Gasteiger partial charge is 0.107 e. The molecule has 4 rings (SSSR count). The van der Waals surface area contributed by atoms with E-state index in [0.29, 0.717) is 6.42 Å². The summed E-state index contributed by atoms with van der Waals surface area (Å²) in [4.78, 5) is 10.8. The largest absolute Gasteiger partial charge is 0.334 e.